The third-order valence-electron chi connectivity index (χ3n) is 10.5. The van der Waals surface area contributed by atoms with E-state index < -0.39 is 23.0 Å². The van der Waals surface area contributed by atoms with Gasteiger partial charge in [0.05, 0.1) is 12.8 Å². The molecule has 0 fully saturated rings. The Balaban J connectivity index is 0.000000265. The molecule has 2 aliphatic carbocycles. The lowest BCUT2D eigenvalue weighted by atomic mass is 9.85. The second kappa shape index (κ2) is 22.1. The number of Topliss-reactive ketones (excluding diaryl/α,β-unsaturated/α-hetero) is 2. The van der Waals surface area contributed by atoms with Crippen LogP contribution in [-0.2, 0) is 46.5 Å². The molecule has 0 bridgehead atoms. The molecular formula is C49H63BrN2O6. The SMILES string of the molecule is CC.CC.CC.CC.Cc1ccc2c(c1)C(O)(CC(=O)c1ccc3c(c1)CCCC3)C(=O)N2.O=C(CC1(O)C(=O)Nc2ccc(Br)cc21)c1ccc2c(c1)CCCC2. The largest absolute Gasteiger partial charge is 0.375 e. The van der Waals surface area contributed by atoms with E-state index in [0.717, 1.165) is 48.6 Å². The maximum absolute atomic E-state index is 12.8. The number of hydrogen-bond acceptors (Lipinski definition) is 6. The lowest BCUT2D eigenvalue weighted by Crippen LogP contribution is -2.36. The fraction of sp³-hybridized carbons (Fsp3) is 0.429. The van der Waals surface area contributed by atoms with Gasteiger partial charge in [0.1, 0.15) is 0 Å². The van der Waals surface area contributed by atoms with Crippen LogP contribution in [0.5, 0.6) is 0 Å². The number of carbonyl (C=O) groups is 4. The summed E-state index contributed by atoms with van der Waals surface area (Å²) < 4.78 is 0.752. The summed E-state index contributed by atoms with van der Waals surface area (Å²) in [5.74, 6) is -1.51. The topological polar surface area (TPSA) is 133 Å². The molecule has 2 aliphatic heterocycles. The van der Waals surface area contributed by atoms with Crippen molar-refractivity contribution in [2.75, 3.05) is 10.6 Å². The molecule has 2 amide bonds. The zero-order valence-electron chi connectivity index (χ0n) is 35.9. The fourth-order valence-corrected chi connectivity index (χ4v) is 7.97. The van der Waals surface area contributed by atoms with Crippen molar-refractivity contribution in [1.82, 2.24) is 0 Å². The highest BCUT2D eigenvalue weighted by Crippen LogP contribution is 2.41. The van der Waals surface area contributed by atoms with Crippen LogP contribution in [0.25, 0.3) is 0 Å². The van der Waals surface area contributed by atoms with Gasteiger partial charge in [0.15, 0.2) is 22.8 Å². The first kappa shape index (κ1) is 47.9. The summed E-state index contributed by atoms with van der Waals surface area (Å²) in [5, 5.41) is 27.3. The van der Waals surface area contributed by atoms with Gasteiger partial charge in [-0.15, -0.1) is 0 Å². The molecule has 58 heavy (non-hydrogen) atoms. The minimum absolute atomic E-state index is 0.208. The van der Waals surface area contributed by atoms with E-state index >= 15 is 0 Å². The van der Waals surface area contributed by atoms with Gasteiger partial charge in [-0.2, -0.15) is 0 Å². The van der Waals surface area contributed by atoms with Crippen LogP contribution in [0.3, 0.4) is 0 Å². The number of carbonyl (C=O) groups excluding carboxylic acids is 4. The molecule has 2 unspecified atom stereocenters. The maximum atomic E-state index is 12.8. The van der Waals surface area contributed by atoms with E-state index in [1.807, 2.05) is 105 Å². The van der Waals surface area contributed by atoms with Gasteiger partial charge < -0.3 is 20.8 Å². The highest BCUT2D eigenvalue weighted by Gasteiger charge is 2.48. The maximum Gasteiger partial charge on any atom is 0.261 e. The van der Waals surface area contributed by atoms with Gasteiger partial charge in [0.25, 0.3) is 11.8 Å². The minimum Gasteiger partial charge on any atom is -0.375 e. The van der Waals surface area contributed by atoms with Gasteiger partial charge in [-0.25, -0.2) is 0 Å². The minimum atomic E-state index is -1.83. The number of rotatable bonds is 6. The first-order chi connectivity index (χ1) is 27.9. The first-order valence-corrected chi connectivity index (χ1v) is 22.0. The Morgan fingerprint density at radius 2 is 0.931 bits per heavy atom. The number of anilines is 2. The number of ketones is 2. The van der Waals surface area contributed by atoms with Crippen LogP contribution >= 0.6 is 15.9 Å². The molecule has 4 aromatic carbocycles. The number of hydrogen-bond donors (Lipinski definition) is 4. The van der Waals surface area contributed by atoms with E-state index in [0.29, 0.717) is 33.6 Å². The monoisotopic (exact) mass is 854 g/mol. The third-order valence-corrected chi connectivity index (χ3v) is 11.0. The van der Waals surface area contributed by atoms with Crippen molar-refractivity contribution in [3.05, 3.63) is 127 Å². The summed E-state index contributed by atoms with van der Waals surface area (Å²) >= 11 is 3.35. The van der Waals surface area contributed by atoms with Crippen LogP contribution in [0, 0.1) is 6.92 Å². The molecule has 0 spiro atoms. The summed E-state index contributed by atoms with van der Waals surface area (Å²) in [4.78, 5) is 50.3. The van der Waals surface area contributed by atoms with E-state index in [-0.39, 0.29) is 24.4 Å². The number of fused-ring (bicyclic) bond motifs is 4. The van der Waals surface area contributed by atoms with E-state index in [1.54, 1.807) is 30.3 Å². The van der Waals surface area contributed by atoms with Gasteiger partial charge in [0.2, 0.25) is 0 Å². The molecule has 4 N–H and O–H groups in total. The van der Waals surface area contributed by atoms with Crippen LogP contribution < -0.4 is 10.6 Å². The summed E-state index contributed by atoms with van der Waals surface area (Å²) in [6, 6.07) is 22.1. The van der Waals surface area contributed by atoms with E-state index in [9.17, 15) is 29.4 Å². The summed E-state index contributed by atoms with van der Waals surface area (Å²) in [6.45, 7) is 17.9. The highest BCUT2D eigenvalue weighted by atomic mass is 79.9. The molecule has 4 aromatic rings. The van der Waals surface area contributed by atoms with Crippen LogP contribution in [0.15, 0.2) is 77.3 Å². The molecule has 0 saturated heterocycles. The van der Waals surface area contributed by atoms with E-state index in [1.165, 1.54) is 35.1 Å². The van der Waals surface area contributed by atoms with Crippen LogP contribution in [0.1, 0.15) is 154 Å². The molecule has 9 heteroatoms. The predicted molar refractivity (Wildman–Crippen MR) is 240 cm³/mol. The number of halogens is 1. The molecule has 8 nitrogen and oxygen atoms in total. The molecule has 2 atom stereocenters. The van der Waals surface area contributed by atoms with Crippen molar-refractivity contribution in [1.29, 1.82) is 0 Å². The Hall–Kier alpha value is -4.44. The molecule has 0 aromatic heterocycles. The van der Waals surface area contributed by atoms with Crippen molar-refractivity contribution in [2.45, 2.75) is 138 Å². The average molecular weight is 856 g/mol. The van der Waals surface area contributed by atoms with Crippen molar-refractivity contribution in [2.24, 2.45) is 0 Å². The Kier molecular flexibility index (Phi) is 18.2. The fourth-order valence-electron chi connectivity index (χ4n) is 7.61. The van der Waals surface area contributed by atoms with Gasteiger partial charge >= 0.3 is 0 Å². The van der Waals surface area contributed by atoms with E-state index in [4.69, 9.17) is 0 Å². The smallest absolute Gasteiger partial charge is 0.261 e. The molecule has 2 heterocycles. The van der Waals surface area contributed by atoms with Crippen molar-refractivity contribution >= 4 is 50.7 Å². The number of amides is 2. The second-order valence-electron chi connectivity index (χ2n) is 13.9. The molecule has 0 radical (unpaired) electrons. The second-order valence-corrected chi connectivity index (χ2v) is 14.9. The molecule has 8 rings (SSSR count). The predicted octanol–water partition coefficient (Wildman–Crippen LogP) is 11.1. The quantitative estimate of drug-likeness (QED) is 0.143. The van der Waals surface area contributed by atoms with Gasteiger partial charge in [-0.05, 0) is 117 Å². The Morgan fingerprint density at radius 3 is 1.36 bits per heavy atom. The Labute approximate surface area is 354 Å². The number of aliphatic hydroxyl groups is 2. The van der Waals surface area contributed by atoms with Gasteiger partial charge in [-0.3, -0.25) is 19.2 Å². The lowest BCUT2D eigenvalue weighted by Gasteiger charge is -2.21. The highest BCUT2D eigenvalue weighted by molar-refractivity contribution is 9.10. The van der Waals surface area contributed by atoms with E-state index in [2.05, 4.69) is 26.6 Å². The normalized spacial score (nSPS) is 18.9. The summed E-state index contributed by atoms with van der Waals surface area (Å²) in [6.07, 6.45) is 8.24. The zero-order valence-corrected chi connectivity index (χ0v) is 37.5. The molecule has 4 aliphatic rings. The zero-order chi connectivity index (χ0) is 43.2. The summed E-state index contributed by atoms with van der Waals surface area (Å²) in [5.41, 5.74) is 5.55. The van der Waals surface area contributed by atoms with Crippen molar-refractivity contribution < 1.29 is 29.4 Å². The van der Waals surface area contributed by atoms with Crippen LogP contribution in [0.2, 0.25) is 0 Å². The Morgan fingerprint density at radius 1 is 0.552 bits per heavy atom. The van der Waals surface area contributed by atoms with Gasteiger partial charge in [0, 0.05) is 38.1 Å². The van der Waals surface area contributed by atoms with Crippen molar-refractivity contribution in [3.63, 3.8) is 0 Å². The number of benzene rings is 4. The standard InChI is InChI=1S/C21H21NO3.C20H18BrNO3.4C2H6/c1-13-6-9-18-17(10-13)21(25,20(24)22-18)12-19(23)16-8-7-14-4-2-3-5-15(14)11-16;21-15-7-8-17-16(10-15)20(25,19(24)22-17)11-18(23)14-6-5-12-3-1-2-4-13(12)9-14;4*1-2/h6-11,25H,2-5,12H2,1H3,(H,22,24);5-10,25H,1-4,11H2,(H,22,24);4*1-2H3. The first-order valence-electron chi connectivity index (χ1n) is 21.2. The molecule has 312 valence electrons. The Bertz CT molecular complexity index is 1930. The van der Waals surface area contributed by atoms with Crippen molar-refractivity contribution in [3.8, 4) is 0 Å². The number of aryl methyl sites for hydroxylation is 5. The van der Waals surface area contributed by atoms with Gasteiger partial charge in [-0.1, -0.05) is 113 Å². The number of nitrogens with one attached hydrogen (secondary N) is 2. The third kappa shape index (κ3) is 10.6. The lowest BCUT2D eigenvalue weighted by molar-refractivity contribution is -0.133. The van der Waals surface area contributed by atoms with Crippen LogP contribution in [0.4, 0.5) is 11.4 Å². The average Bonchev–Trinajstić information content (AvgIpc) is 3.65. The molecule has 0 saturated carbocycles. The van der Waals surface area contributed by atoms with Crippen LogP contribution in [-0.4, -0.2) is 33.6 Å². The summed E-state index contributed by atoms with van der Waals surface area (Å²) in [7, 11) is 0. The molecular weight excluding hydrogens is 792 g/mol.